The molecule has 4 saturated heterocycles. The predicted octanol–water partition coefficient (Wildman–Crippen LogP) is -0.535. The van der Waals surface area contributed by atoms with E-state index in [1.807, 2.05) is 11.9 Å². The first-order chi connectivity index (χ1) is 32.6. The minimum Gasteiger partial charge on any atom is -0.395 e. The maximum atomic E-state index is 12.4. The van der Waals surface area contributed by atoms with Crippen LogP contribution in [0.2, 0.25) is 0 Å². The topological polar surface area (TPSA) is 291 Å². The summed E-state index contributed by atoms with van der Waals surface area (Å²) in [5.74, 6) is 2.77. The van der Waals surface area contributed by atoms with Crippen LogP contribution in [0.5, 0.6) is 0 Å². The Bertz CT molecular complexity index is 2570. The molecule has 0 bridgehead atoms. The van der Waals surface area contributed by atoms with E-state index in [1.165, 1.54) is 42.5 Å². The number of likely N-dealkylation sites (N-methyl/N-ethyl adjacent to an activating group) is 2. The summed E-state index contributed by atoms with van der Waals surface area (Å²) in [6.45, 7) is 14.8. The van der Waals surface area contributed by atoms with E-state index in [2.05, 4.69) is 71.6 Å². The molecule has 0 amide bonds. The van der Waals surface area contributed by atoms with Crippen LogP contribution in [0.4, 0.5) is 41.4 Å². The lowest BCUT2D eigenvalue weighted by Gasteiger charge is -2.35. The van der Waals surface area contributed by atoms with Gasteiger partial charge in [-0.3, -0.25) is 18.9 Å². The van der Waals surface area contributed by atoms with Gasteiger partial charge >= 0.3 is 0 Å². The summed E-state index contributed by atoms with van der Waals surface area (Å²) in [5, 5.41) is 21.4. The van der Waals surface area contributed by atoms with Gasteiger partial charge in [0.1, 0.15) is 9.79 Å². The van der Waals surface area contributed by atoms with Gasteiger partial charge in [-0.15, -0.1) is 0 Å². The van der Waals surface area contributed by atoms with Crippen molar-refractivity contribution in [1.82, 2.24) is 49.5 Å². The second kappa shape index (κ2) is 22.8. The highest BCUT2D eigenvalue weighted by Crippen LogP contribution is 2.28. The molecule has 0 radical (unpaired) electrons. The number of hydrogen-bond donors (Lipinski definition) is 6. The lowest BCUT2D eigenvalue weighted by atomic mass is 10.1. The normalized spacial score (nSPS) is 18.5. The van der Waals surface area contributed by atoms with Crippen molar-refractivity contribution in [3.05, 3.63) is 53.6 Å². The zero-order chi connectivity index (χ0) is 48.4. The Morgan fingerprint density at radius 2 is 0.941 bits per heavy atom. The van der Waals surface area contributed by atoms with E-state index in [4.69, 9.17) is 15.8 Å². The van der Waals surface area contributed by atoms with Crippen molar-refractivity contribution in [1.29, 1.82) is 0 Å². The number of β-amino-alcohol motifs (C(OH)–C–C–N with tert-alkyl or cyclic N) is 2. The molecule has 4 aliphatic heterocycles. The molecular formula is C42H62N16O8S2. The summed E-state index contributed by atoms with van der Waals surface area (Å²) in [7, 11) is -5.06. The molecule has 4 aromatic rings. The number of aromatic nitrogens is 6. The molecule has 8 rings (SSSR count). The van der Waals surface area contributed by atoms with Gasteiger partial charge in [0.05, 0.1) is 13.2 Å². The van der Waals surface area contributed by atoms with Gasteiger partial charge in [-0.2, -0.15) is 46.7 Å². The van der Waals surface area contributed by atoms with Crippen molar-refractivity contribution in [3.63, 3.8) is 0 Å². The number of nitrogens with one attached hydrogen (secondary N) is 1. The Kier molecular flexibility index (Phi) is 16.9. The molecule has 0 atom stereocenters. The molecule has 4 aliphatic rings. The molecule has 7 N–H and O–H groups in total. The van der Waals surface area contributed by atoms with Crippen molar-refractivity contribution in [3.8, 4) is 0 Å². The van der Waals surface area contributed by atoms with Crippen LogP contribution >= 0.6 is 0 Å². The van der Waals surface area contributed by atoms with Gasteiger partial charge in [0.25, 0.3) is 20.2 Å². The number of rotatable bonds is 14. The lowest BCUT2D eigenvalue weighted by Crippen LogP contribution is -2.48. The largest absolute Gasteiger partial charge is 0.395 e. The highest BCUT2D eigenvalue weighted by atomic mass is 32.2. The maximum Gasteiger partial charge on any atom is 0.295 e. The number of anilines is 7. The molecule has 26 heteroatoms. The van der Waals surface area contributed by atoms with Crippen molar-refractivity contribution < 1.29 is 36.2 Å². The van der Waals surface area contributed by atoms with Crippen molar-refractivity contribution in [2.45, 2.75) is 9.79 Å². The first-order valence-corrected chi connectivity index (χ1v) is 25.4. The van der Waals surface area contributed by atoms with Gasteiger partial charge in [0.15, 0.2) is 0 Å². The average Bonchev–Trinajstić information content (AvgIpc) is 3.32. The van der Waals surface area contributed by atoms with Gasteiger partial charge in [0, 0.05) is 123 Å². The van der Waals surface area contributed by atoms with Gasteiger partial charge in [-0.1, -0.05) is 36.4 Å². The zero-order valence-electron chi connectivity index (χ0n) is 38.4. The van der Waals surface area contributed by atoms with Crippen molar-refractivity contribution in [2.75, 3.05) is 176 Å². The number of benzene rings is 2. The molecule has 0 saturated carbocycles. The molecule has 2 aromatic carbocycles. The molecule has 2 aromatic heterocycles. The van der Waals surface area contributed by atoms with Gasteiger partial charge in [-0.25, -0.2) is 0 Å². The third kappa shape index (κ3) is 13.6. The van der Waals surface area contributed by atoms with E-state index in [9.17, 15) is 31.0 Å². The zero-order valence-corrected chi connectivity index (χ0v) is 40.0. The third-order valence-electron chi connectivity index (χ3n) is 12.1. The molecule has 68 heavy (non-hydrogen) atoms. The summed E-state index contributed by atoms with van der Waals surface area (Å²) in [4.78, 5) is 43.9. The molecule has 6 heterocycles. The van der Waals surface area contributed by atoms with Crippen molar-refractivity contribution in [2.24, 2.45) is 0 Å². The summed E-state index contributed by atoms with van der Waals surface area (Å²) < 4.78 is 67.9. The van der Waals surface area contributed by atoms with Crippen LogP contribution in [0.15, 0.2) is 52.3 Å². The predicted molar refractivity (Wildman–Crippen MR) is 260 cm³/mol. The summed E-state index contributed by atoms with van der Waals surface area (Å²) in [5.41, 5.74) is 6.41. The Balaban J connectivity index is 0.000000248. The van der Waals surface area contributed by atoms with Crippen LogP contribution in [0.25, 0.3) is 12.2 Å². The average molecular weight is 983 g/mol. The highest BCUT2D eigenvalue weighted by Gasteiger charge is 2.26. The minimum absolute atomic E-state index is 0.0865. The number of piperazine rings is 4. The Morgan fingerprint density at radius 1 is 0.544 bits per heavy atom. The van der Waals surface area contributed by atoms with Crippen LogP contribution in [-0.4, -0.2) is 231 Å². The quantitative estimate of drug-likeness (QED) is 0.0684. The number of nitrogens with two attached hydrogens (primary N) is 1. The fourth-order valence-electron chi connectivity index (χ4n) is 8.12. The lowest BCUT2D eigenvalue weighted by molar-refractivity contribution is 0.188. The van der Waals surface area contributed by atoms with E-state index < -0.39 is 25.1 Å². The van der Waals surface area contributed by atoms with Crippen molar-refractivity contribution >= 4 is 73.8 Å². The standard InChI is InChI=1S/C28H36N8O7S2.C14H26N8O/c1-33-10-14-35(15-11-33)27-30-26(31-28(32-27)36-16-12-34(13-17-36)18-19-37)29-23-9-8-22(25(20-23)45(41,42)43)7-6-21-4-2-3-5-24(21)44(38,39)40;1-19-2-6-21(7-3-19)13-16-12(15)17-14(18-13)22-8-4-20(5-9-22)10-11-23/h2-9,20,37H,10-19H2,1H3,(H,38,39,40)(H,41,42,43)(H,29,30,31,32);23H,2-11H2,1H3,(H2,15,16,17,18)/b7-6+;. The van der Waals surface area contributed by atoms with E-state index in [0.29, 0.717) is 43.4 Å². The first-order valence-electron chi connectivity index (χ1n) is 22.5. The number of aliphatic hydroxyl groups is 2. The maximum absolute atomic E-state index is 12.4. The first kappa shape index (κ1) is 50.5. The van der Waals surface area contributed by atoms with Crippen LogP contribution in [0.1, 0.15) is 11.1 Å². The second-order valence-electron chi connectivity index (χ2n) is 16.9. The number of aliphatic hydroxyl groups excluding tert-OH is 2. The molecular weight excluding hydrogens is 921 g/mol. The van der Waals surface area contributed by atoms with Crippen LogP contribution in [0.3, 0.4) is 0 Å². The number of nitrogen functional groups attached to an aromatic ring is 1. The van der Waals surface area contributed by atoms with Gasteiger partial charge in [0.2, 0.25) is 35.7 Å². The molecule has 0 unspecified atom stereocenters. The summed E-state index contributed by atoms with van der Waals surface area (Å²) in [6.07, 6.45) is 2.67. The molecule has 370 valence electrons. The van der Waals surface area contributed by atoms with E-state index in [-0.39, 0.29) is 46.8 Å². The monoisotopic (exact) mass is 982 g/mol. The molecule has 24 nitrogen and oxygen atoms in total. The van der Waals surface area contributed by atoms with E-state index in [0.717, 1.165) is 98.2 Å². The Hall–Kier alpha value is -5.42. The number of nitrogens with zero attached hydrogens (tertiary/aromatic N) is 14. The van der Waals surface area contributed by atoms with Gasteiger partial charge in [-0.05, 0) is 43.4 Å². The van der Waals surface area contributed by atoms with E-state index in [1.54, 1.807) is 12.1 Å². The Morgan fingerprint density at radius 3 is 1.37 bits per heavy atom. The molecule has 4 fully saturated rings. The SMILES string of the molecule is CN1CCN(c2nc(N)nc(N3CCN(CCO)CC3)n2)CC1.CN1CCN(c2nc(Nc3ccc(/C=C/c4ccccc4S(=O)(=O)O)c(S(=O)(=O)O)c3)nc(N3CCN(CCO)CC3)n2)CC1. The summed E-state index contributed by atoms with van der Waals surface area (Å²) >= 11 is 0. The Labute approximate surface area is 397 Å². The van der Waals surface area contributed by atoms with Gasteiger partial charge < -0.3 is 50.7 Å². The molecule has 0 spiro atoms. The van der Waals surface area contributed by atoms with Crippen LogP contribution in [0, 0.1) is 0 Å². The smallest absolute Gasteiger partial charge is 0.295 e. The van der Waals surface area contributed by atoms with E-state index >= 15 is 0 Å². The van der Waals surface area contributed by atoms with Crippen LogP contribution < -0.4 is 30.7 Å². The fraction of sp³-hybridized carbons (Fsp3) is 0.524. The second-order valence-corrected chi connectivity index (χ2v) is 19.7. The number of hydrogen-bond acceptors (Lipinski definition) is 22. The summed E-state index contributed by atoms with van der Waals surface area (Å²) in [6, 6.07) is 9.95. The highest BCUT2D eigenvalue weighted by molar-refractivity contribution is 7.86. The minimum atomic E-state index is -4.71. The fourth-order valence-corrected chi connectivity index (χ4v) is 9.51. The van der Waals surface area contributed by atoms with Crippen LogP contribution in [-0.2, 0) is 20.2 Å². The third-order valence-corrected chi connectivity index (χ3v) is 14.0. The molecule has 0 aliphatic carbocycles.